The van der Waals surface area contributed by atoms with Crippen LogP contribution in [0.25, 0.3) is 0 Å². The largest absolute Gasteiger partial charge is 0.444 e. The van der Waals surface area contributed by atoms with Gasteiger partial charge in [-0.1, -0.05) is 6.07 Å². The number of hydrogen-bond donors (Lipinski definition) is 0. The van der Waals surface area contributed by atoms with E-state index in [9.17, 15) is 14.0 Å². The first-order valence-corrected chi connectivity index (χ1v) is 9.90. The van der Waals surface area contributed by atoms with Gasteiger partial charge in [0, 0.05) is 18.0 Å². The van der Waals surface area contributed by atoms with E-state index in [1.165, 1.54) is 18.2 Å². The summed E-state index contributed by atoms with van der Waals surface area (Å²) >= 11 is 0. The monoisotopic (exact) mass is 386 g/mol. The summed E-state index contributed by atoms with van der Waals surface area (Å²) < 4.78 is 19.9. The van der Waals surface area contributed by atoms with Crippen molar-refractivity contribution in [2.75, 3.05) is 0 Å². The van der Waals surface area contributed by atoms with Gasteiger partial charge < -0.3 is 9.64 Å². The molecule has 0 aromatic heterocycles. The van der Waals surface area contributed by atoms with Crippen LogP contribution in [0.15, 0.2) is 18.2 Å². The van der Waals surface area contributed by atoms with Gasteiger partial charge in [0.2, 0.25) is 0 Å². The van der Waals surface area contributed by atoms with E-state index in [1.54, 1.807) is 4.90 Å². The highest BCUT2D eigenvalue weighted by Crippen LogP contribution is 2.39. The lowest BCUT2D eigenvalue weighted by Crippen LogP contribution is -2.56. The average Bonchev–Trinajstić information content (AvgIpc) is 2.60. The highest BCUT2D eigenvalue weighted by molar-refractivity contribution is 5.98. The highest BCUT2D eigenvalue weighted by Gasteiger charge is 2.44. The van der Waals surface area contributed by atoms with Crippen molar-refractivity contribution in [3.8, 4) is 6.07 Å². The number of benzene rings is 1. The molecule has 5 nitrogen and oxygen atoms in total. The molecule has 3 rings (SSSR count). The number of fused-ring (bicyclic) bond motifs is 2. The normalized spacial score (nSPS) is 24.4. The predicted octanol–water partition coefficient (Wildman–Crippen LogP) is 4.64. The molecular weight excluding hydrogens is 359 g/mol. The zero-order valence-electron chi connectivity index (χ0n) is 16.7. The molecule has 2 heterocycles. The third-order valence-corrected chi connectivity index (χ3v) is 5.53. The fourth-order valence-corrected chi connectivity index (χ4v) is 4.39. The van der Waals surface area contributed by atoms with Crippen molar-refractivity contribution in [3.63, 3.8) is 0 Å². The lowest BCUT2D eigenvalue weighted by molar-refractivity contribution is -0.0261. The Morgan fingerprint density at radius 3 is 2.46 bits per heavy atom. The van der Waals surface area contributed by atoms with Crippen molar-refractivity contribution in [2.24, 2.45) is 5.92 Å². The van der Waals surface area contributed by atoms with E-state index in [2.05, 4.69) is 0 Å². The number of ether oxygens (including phenoxy) is 1. The maximum absolute atomic E-state index is 14.3. The van der Waals surface area contributed by atoms with Gasteiger partial charge >= 0.3 is 6.09 Å². The van der Waals surface area contributed by atoms with E-state index < -0.39 is 11.4 Å². The van der Waals surface area contributed by atoms with Gasteiger partial charge in [-0.05, 0) is 70.6 Å². The van der Waals surface area contributed by atoms with E-state index in [1.807, 2.05) is 26.8 Å². The molecule has 6 heteroatoms. The van der Waals surface area contributed by atoms with E-state index in [-0.39, 0.29) is 41.9 Å². The number of carbonyl (C=O) groups excluding carboxylic acids is 2. The zero-order valence-corrected chi connectivity index (χ0v) is 16.7. The Balaban J connectivity index is 1.79. The molecular formula is C22H27FN2O3. The van der Waals surface area contributed by atoms with Crippen molar-refractivity contribution >= 4 is 11.9 Å². The standard InChI is InChI=1S/C22H27FN2O3/c1-22(2,3)28-21(27)25-16-5-4-6-17(25)13-15(12-16)20(26)18-11-14(9-10-24)7-8-19(18)23/h7-8,11,15-17H,4-6,9,12-13H2,1-3H3. The third-order valence-electron chi connectivity index (χ3n) is 5.53. The van der Waals surface area contributed by atoms with Crippen LogP contribution in [0.1, 0.15) is 68.8 Å². The van der Waals surface area contributed by atoms with Gasteiger partial charge in [-0.2, -0.15) is 5.26 Å². The molecule has 2 unspecified atom stereocenters. The van der Waals surface area contributed by atoms with E-state index in [0.29, 0.717) is 18.4 Å². The Kier molecular flexibility index (Phi) is 5.74. The number of rotatable bonds is 3. The Morgan fingerprint density at radius 1 is 1.25 bits per heavy atom. The zero-order chi connectivity index (χ0) is 20.5. The molecule has 2 saturated heterocycles. The second kappa shape index (κ2) is 7.90. The smallest absolute Gasteiger partial charge is 0.410 e. The van der Waals surface area contributed by atoms with Crippen LogP contribution in [0.3, 0.4) is 0 Å². The molecule has 2 bridgehead atoms. The van der Waals surface area contributed by atoms with Crippen LogP contribution in [0.2, 0.25) is 0 Å². The molecule has 1 aromatic carbocycles. The molecule has 0 aliphatic carbocycles. The van der Waals surface area contributed by atoms with Gasteiger partial charge in [0.05, 0.1) is 18.1 Å². The molecule has 150 valence electrons. The first-order valence-electron chi connectivity index (χ1n) is 9.90. The first-order chi connectivity index (χ1) is 13.2. The number of ketones is 1. The van der Waals surface area contributed by atoms with Crippen LogP contribution >= 0.6 is 0 Å². The van der Waals surface area contributed by atoms with Crippen molar-refractivity contribution in [2.45, 2.75) is 77.0 Å². The molecule has 28 heavy (non-hydrogen) atoms. The van der Waals surface area contributed by atoms with Crippen molar-refractivity contribution in [1.82, 2.24) is 4.90 Å². The van der Waals surface area contributed by atoms with Gasteiger partial charge in [-0.3, -0.25) is 4.79 Å². The molecule has 2 atom stereocenters. The minimum absolute atomic E-state index is 0.0540. The predicted molar refractivity (Wildman–Crippen MR) is 102 cm³/mol. The van der Waals surface area contributed by atoms with Crippen molar-refractivity contribution in [1.29, 1.82) is 5.26 Å². The van der Waals surface area contributed by atoms with E-state index in [0.717, 1.165) is 19.3 Å². The minimum Gasteiger partial charge on any atom is -0.444 e. The second-order valence-corrected chi connectivity index (χ2v) is 8.81. The fraction of sp³-hybridized carbons (Fsp3) is 0.591. The summed E-state index contributed by atoms with van der Waals surface area (Å²) in [6.07, 6.45) is 3.54. The van der Waals surface area contributed by atoms with Crippen LogP contribution in [0.4, 0.5) is 9.18 Å². The van der Waals surface area contributed by atoms with Crippen molar-refractivity contribution < 1.29 is 18.7 Å². The molecule has 0 N–H and O–H groups in total. The summed E-state index contributed by atoms with van der Waals surface area (Å²) in [5, 5.41) is 8.86. The number of carbonyl (C=O) groups is 2. The maximum atomic E-state index is 14.3. The summed E-state index contributed by atoms with van der Waals surface area (Å²) in [6.45, 7) is 5.52. The SMILES string of the molecule is CC(C)(C)OC(=O)N1C2CCCC1CC(C(=O)c1cc(CC#N)ccc1F)C2. The lowest BCUT2D eigenvalue weighted by atomic mass is 9.75. The molecule has 2 aliphatic heterocycles. The number of hydrogen-bond acceptors (Lipinski definition) is 4. The van der Waals surface area contributed by atoms with Gasteiger partial charge in [0.25, 0.3) is 0 Å². The molecule has 0 radical (unpaired) electrons. The van der Waals surface area contributed by atoms with E-state index in [4.69, 9.17) is 10.00 Å². The van der Waals surface area contributed by atoms with E-state index >= 15 is 0 Å². The molecule has 2 fully saturated rings. The van der Waals surface area contributed by atoms with Gasteiger partial charge in [0.1, 0.15) is 11.4 Å². The molecule has 1 aromatic rings. The topological polar surface area (TPSA) is 70.4 Å². The summed E-state index contributed by atoms with van der Waals surface area (Å²) in [4.78, 5) is 27.5. The van der Waals surface area contributed by atoms with Crippen LogP contribution in [0.5, 0.6) is 0 Å². The number of nitriles is 1. The van der Waals surface area contributed by atoms with Crippen LogP contribution in [-0.4, -0.2) is 34.5 Å². The lowest BCUT2D eigenvalue weighted by Gasteiger charge is -2.48. The maximum Gasteiger partial charge on any atom is 0.410 e. The number of halogens is 1. The summed E-state index contributed by atoms with van der Waals surface area (Å²) in [7, 11) is 0. The Labute approximate surface area is 165 Å². The summed E-state index contributed by atoms with van der Waals surface area (Å²) in [5.74, 6) is -1.09. The summed E-state index contributed by atoms with van der Waals surface area (Å²) in [6, 6.07) is 6.21. The van der Waals surface area contributed by atoms with Crippen LogP contribution in [-0.2, 0) is 11.2 Å². The van der Waals surface area contributed by atoms with Gasteiger partial charge in [-0.25, -0.2) is 9.18 Å². The second-order valence-electron chi connectivity index (χ2n) is 8.81. The van der Waals surface area contributed by atoms with Gasteiger partial charge in [-0.15, -0.1) is 0 Å². The summed E-state index contributed by atoms with van der Waals surface area (Å²) in [5.41, 5.74) is 0.128. The number of Topliss-reactive ketones (excluding diaryl/α,β-unsaturated/α-hetero) is 1. The van der Waals surface area contributed by atoms with Crippen molar-refractivity contribution in [3.05, 3.63) is 35.1 Å². The van der Waals surface area contributed by atoms with Crippen LogP contribution < -0.4 is 0 Å². The highest BCUT2D eigenvalue weighted by atomic mass is 19.1. The van der Waals surface area contributed by atoms with Gasteiger partial charge in [0.15, 0.2) is 5.78 Å². The first kappa shape index (κ1) is 20.3. The fourth-order valence-electron chi connectivity index (χ4n) is 4.39. The Hall–Kier alpha value is -2.42. The average molecular weight is 386 g/mol. The molecule has 2 aliphatic rings. The quantitative estimate of drug-likeness (QED) is 0.710. The molecule has 0 spiro atoms. The number of amides is 1. The minimum atomic E-state index is -0.567. The third kappa shape index (κ3) is 4.35. The van der Waals surface area contributed by atoms with Crippen LogP contribution in [0, 0.1) is 23.1 Å². The number of piperidine rings is 2. The molecule has 0 saturated carbocycles. The Bertz CT molecular complexity index is 795. The molecule has 1 amide bonds. The number of nitrogens with zero attached hydrogens (tertiary/aromatic N) is 2. The Morgan fingerprint density at radius 2 is 1.89 bits per heavy atom.